The van der Waals surface area contributed by atoms with Gasteiger partial charge in [0.15, 0.2) is 0 Å². The van der Waals surface area contributed by atoms with Crippen molar-refractivity contribution in [3.05, 3.63) is 35.4 Å². The highest BCUT2D eigenvalue weighted by Crippen LogP contribution is 2.38. The zero-order valence-corrected chi connectivity index (χ0v) is 8.84. The van der Waals surface area contributed by atoms with Gasteiger partial charge in [0.1, 0.15) is 5.60 Å². The summed E-state index contributed by atoms with van der Waals surface area (Å²) in [6, 6.07) is 8.51. The quantitative estimate of drug-likeness (QED) is 0.789. The number of hydrogen-bond acceptors (Lipinski definition) is 2. The van der Waals surface area contributed by atoms with Gasteiger partial charge in [-0.2, -0.15) is 0 Å². The number of likely N-dealkylation sites (N-methyl/N-ethyl adjacent to an activating group) is 1. The fraction of sp³-hybridized carbons (Fsp3) is 0.500. The van der Waals surface area contributed by atoms with Gasteiger partial charge >= 0.3 is 0 Å². The Bertz CT molecular complexity index is 320. The van der Waals surface area contributed by atoms with E-state index >= 15 is 0 Å². The molecule has 0 saturated carbocycles. The first-order valence-electron chi connectivity index (χ1n) is 5.19. The number of fused-ring (bicyclic) bond motifs is 1. The monoisotopic (exact) mass is 191 g/mol. The van der Waals surface area contributed by atoms with E-state index in [4.69, 9.17) is 4.74 Å². The summed E-state index contributed by atoms with van der Waals surface area (Å²) in [5.41, 5.74) is 2.60. The molecule has 2 nitrogen and oxygen atoms in total. The highest BCUT2D eigenvalue weighted by atomic mass is 16.5. The van der Waals surface area contributed by atoms with Crippen LogP contribution in [0.25, 0.3) is 0 Å². The standard InChI is InChI=1S/C12H17NO/c1-3-12(9-13-2)11-7-5-4-6-10(11)8-14-12/h4-7,13H,3,8-9H2,1-2H3. The van der Waals surface area contributed by atoms with E-state index in [1.165, 1.54) is 11.1 Å². The molecule has 14 heavy (non-hydrogen) atoms. The van der Waals surface area contributed by atoms with Crippen LogP contribution in [-0.2, 0) is 16.9 Å². The maximum atomic E-state index is 5.94. The zero-order valence-electron chi connectivity index (χ0n) is 8.84. The van der Waals surface area contributed by atoms with Crippen LogP contribution in [0.4, 0.5) is 0 Å². The highest BCUT2D eigenvalue weighted by molar-refractivity contribution is 5.35. The maximum Gasteiger partial charge on any atom is 0.106 e. The Morgan fingerprint density at radius 3 is 2.93 bits per heavy atom. The molecule has 2 heteroatoms. The lowest BCUT2D eigenvalue weighted by atomic mass is 9.90. The zero-order chi connectivity index (χ0) is 10.0. The molecular weight excluding hydrogens is 174 g/mol. The third kappa shape index (κ3) is 1.35. The second kappa shape index (κ2) is 3.71. The molecule has 0 bridgehead atoms. The fourth-order valence-electron chi connectivity index (χ4n) is 2.23. The van der Waals surface area contributed by atoms with Gasteiger partial charge in [-0.05, 0) is 24.6 Å². The minimum Gasteiger partial charge on any atom is -0.364 e. The van der Waals surface area contributed by atoms with E-state index in [0.717, 1.165) is 19.6 Å². The van der Waals surface area contributed by atoms with Crippen LogP contribution in [0.1, 0.15) is 24.5 Å². The molecule has 1 unspecified atom stereocenters. The Kier molecular flexibility index (Phi) is 2.57. The summed E-state index contributed by atoms with van der Waals surface area (Å²) in [6.07, 6.45) is 1.02. The summed E-state index contributed by atoms with van der Waals surface area (Å²) in [4.78, 5) is 0. The topological polar surface area (TPSA) is 21.3 Å². The van der Waals surface area contributed by atoms with Crippen LogP contribution < -0.4 is 5.32 Å². The fourth-order valence-corrected chi connectivity index (χ4v) is 2.23. The molecule has 1 aliphatic heterocycles. The number of nitrogens with one attached hydrogen (secondary N) is 1. The molecular formula is C12H17NO. The lowest BCUT2D eigenvalue weighted by Crippen LogP contribution is -2.35. The first-order chi connectivity index (χ1) is 6.82. The van der Waals surface area contributed by atoms with Gasteiger partial charge in [-0.25, -0.2) is 0 Å². The summed E-state index contributed by atoms with van der Waals surface area (Å²) >= 11 is 0. The number of ether oxygens (including phenoxy) is 1. The largest absolute Gasteiger partial charge is 0.364 e. The summed E-state index contributed by atoms with van der Waals surface area (Å²) in [5.74, 6) is 0. The lowest BCUT2D eigenvalue weighted by molar-refractivity contribution is -0.0385. The molecule has 0 saturated heterocycles. The molecule has 1 atom stereocenters. The van der Waals surface area contributed by atoms with Crippen LogP contribution in [0.5, 0.6) is 0 Å². The van der Waals surface area contributed by atoms with Crippen LogP contribution in [0.3, 0.4) is 0 Å². The van der Waals surface area contributed by atoms with Crippen LogP contribution in [0, 0.1) is 0 Å². The van der Waals surface area contributed by atoms with Crippen molar-refractivity contribution in [3.63, 3.8) is 0 Å². The molecule has 0 aromatic heterocycles. The molecule has 0 amide bonds. The lowest BCUT2D eigenvalue weighted by Gasteiger charge is -2.28. The van der Waals surface area contributed by atoms with Crippen molar-refractivity contribution in [1.29, 1.82) is 0 Å². The van der Waals surface area contributed by atoms with Gasteiger partial charge in [0.25, 0.3) is 0 Å². The molecule has 0 radical (unpaired) electrons. The van der Waals surface area contributed by atoms with E-state index in [2.05, 4.69) is 36.5 Å². The third-order valence-electron chi connectivity index (χ3n) is 3.05. The Balaban J connectivity index is 2.39. The van der Waals surface area contributed by atoms with Crippen molar-refractivity contribution in [2.45, 2.75) is 25.6 Å². The SMILES string of the molecule is CCC1(CNC)OCc2ccccc21. The molecule has 2 rings (SSSR count). The second-order valence-electron chi connectivity index (χ2n) is 3.82. The van der Waals surface area contributed by atoms with Crippen molar-refractivity contribution in [2.24, 2.45) is 0 Å². The van der Waals surface area contributed by atoms with Gasteiger partial charge in [0.05, 0.1) is 6.61 Å². The third-order valence-corrected chi connectivity index (χ3v) is 3.05. The molecule has 0 aliphatic carbocycles. The average molecular weight is 191 g/mol. The van der Waals surface area contributed by atoms with Gasteiger partial charge in [-0.1, -0.05) is 31.2 Å². The van der Waals surface area contributed by atoms with Crippen LogP contribution in [-0.4, -0.2) is 13.6 Å². The molecule has 1 N–H and O–H groups in total. The minimum atomic E-state index is -0.0919. The predicted molar refractivity (Wildman–Crippen MR) is 57.1 cm³/mol. The molecule has 0 spiro atoms. The van der Waals surface area contributed by atoms with Gasteiger partial charge in [0.2, 0.25) is 0 Å². The molecule has 1 aromatic rings. The predicted octanol–water partition coefficient (Wildman–Crippen LogP) is 2.04. The summed E-state index contributed by atoms with van der Waals surface area (Å²) < 4.78 is 5.94. The van der Waals surface area contributed by atoms with Gasteiger partial charge < -0.3 is 10.1 Å². The Hall–Kier alpha value is -0.860. The van der Waals surface area contributed by atoms with Gasteiger partial charge in [-0.3, -0.25) is 0 Å². The maximum absolute atomic E-state index is 5.94. The van der Waals surface area contributed by atoms with Crippen LogP contribution in [0.2, 0.25) is 0 Å². The van der Waals surface area contributed by atoms with Gasteiger partial charge in [-0.15, -0.1) is 0 Å². The van der Waals surface area contributed by atoms with E-state index in [1.807, 2.05) is 7.05 Å². The molecule has 1 aliphatic rings. The van der Waals surface area contributed by atoms with Crippen molar-refractivity contribution < 1.29 is 4.74 Å². The van der Waals surface area contributed by atoms with Crippen molar-refractivity contribution in [2.75, 3.05) is 13.6 Å². The Labute approximate surface area is 85.3 Å². The van der Waals surface area contributed by atoms with Gasteiger partial charge in [0, 0.05) is 6.54 Å². The van der Waals surface area contributed by atoms with E-state index < -0.39 is 0 Å². The molecule has 1 aromatic carbocycles. The first-order valence-corrected chi connectivity index (χ1v) is 5.19. The Morgan fingerprint density at radius 2 is 2.21 bits per heavy atom. The molecule has 76 valence electrons. The smallest absolute Gasteiger partial charge is 0.106 e. The average Bonchev–Trinajstić information content (AvgIpc) is 2.59. The highest BCUT2D eigenvalue weighted by Gasteiger charge is 2.37. The van der Waals surface area contributed by atoms with E-state index in [-0.39, 0.29) is 5.60 Å². The van der Waals surface area contributed by atoms with Crippen molar-refractivity contribution in [1.82, 2.24) is 5.32 Å². The minimum absolute atomic E-state index is 0.0919. The van der Waals surface area contributed by atoms with Crippen molar-refractivity contribution >= 4 is 0 Å². The Morgan fingerprint density at radius 1 is 1.43 bits per heavy atom. The summed E-state index contributed by atoms with van der Waals surface area (Å²) in [6.45, 7) is 3.83. The summed E-state index contributed by atoms with van der Waals surface area (Å²) in [7, 11) is 1.97. The normalized spacial score (nSPS) is 25.0. The number of rotatable bonds is 3. The number of benzene rings is 1. The summed E-state index contributed by atoms with van der Waals surface area (Å²) in [5, 5.41) is 3.22. The number of hydrogen-bond donors (Lipinski definition) is 1. The van der Waals surface area contributed by atoms with Crippen molar-refractivity contribution in [3.8, 4) is 0 Å². The van der Waals surface area contributed by atoms with E-state index in [9.17, 15) is 0 Å². The second-order valence-corrected chi connectivity index (χ2v) is 3.82. The van der Waals surface area contributed by atoms with Crippen LogP contribution in [0.15, 0.2) is 24.3 Å². The van der Waals surface area contributed by atoms with E-state index in [1.54, 1.807) is 0 Å². The molecule has 0 fully saturated rings. The molecule has 1 heterocycles. The van der Waals surface area contributed by atoms with Crippen LogP contribution >= 0.6 is 0 Å². The first kappa shape index (κ1) is 9.69. The van der Waals surface area contributed by atoms with E-state index in [0.29, 0.717) is 0 Å².